The molecule has 2 amide bonds. The van der Waals surface area contributed by atoms with Gasteiger partial charge in [0.1, 0.15) is 17.1 Å². The van der Waals surface area contributed by atoms with Gasteiger partial charge in [-0.05, 0) is 72.9 Å². The number of hydrogen-bond donors (Lipinski definition) is 4. The van der Waals surface area contributed by atoms with Gasteiger partial charge in [0.15, 0.2) is 0 Å². The lowest BCUT2D eigenvalue weighted by Gasteiger charge is -2.19. The topological polar surface area (TPSA) is 132 Å². The molecule has 4 aromatic rings. The minimum absolute atomic E-state index is 0.0297. The molecule has 2 aromatic carbocycles. The van der Waals surface area contributed by atoms with E-state index in [1.165, 1.54) is 0 Å². The first-order valence-corrected chi connectivity index (χ1v) is 13.3. The molecule has 4 rings (SSSR count). The molecule has 0 atom stereocenters. The molecule has 0 bridgehead atoms. The molecular formula is C30H35N5O4. The second-order valence-electron chi connectivity index (χ2n) is 9.13. The summed E-state index contributed by atoms with van der Waals surface area (Å²) in [5, 5.41) is 15.7. The molecule has 39 heavy (non-hydrogen) atoms. The van der Waals surface area contributed by atoms with Crippen molar-refractivity contribution < 1.29 is 14.6 Å². The van der Waals surface area contributed by atoms with Gasteiger partial charge in [-0.15, -0.1) is 0 Å². The Kier molecular flexibility index (Phi) is 8.83. The maximum atomic E-state index is 13.8. The van der Waals surface area contributed by atoms with Crippen molar-refractivity contribution in [1.29, 1.82) is 0 Å². The molecule has 0 radical (unpaired) electrons. The maximum Gasteiger partial charge on any atom is 0.323 e. The number of nitrogens with two attached hydrogens (primary N) is 1. The third-order valence-electron chi connectivity index (χ3n) is 6.59. The number of rotatable bonds is 10. The van der Waals surface area contributed by atoms with E-state index in [1.54, 1.807) is 16.8 Å². The number of anilines is 3. The van der Waals surface area contributed by atoms with Gasteiger partial charge in [0.2, 0.25) is 0 Å². The summed E-state index contributed by atoms with van der Waals surface area (Å²) < 4.78 is 7.34. The van der Waals surface area contributed by atoms with Crippen LogP contribution in [0.2, 0.25) is 0 Å². The summed E-state index contributed by atoms with van der Waals surface area (Å²) in [6, 6.07) is 14.2. The van der Waals surface area contributed by atoms with E-state index in [0.29, 0.717) is 66.3 Å². The average molecular weight is 530 g/mol. The van der Waals surface area contributed by atoms with Gasteiger partial charge < -0.3 is 26.2 Å². The maximum absolute atomic E-state index is 13.8. The molecule has 0 aliphatic carbocycles. The minimum atomic E-state index is -0.524. The summed E-state index contributed by atoms with van der Waals surface area (Å²) in [4.78, 5) is 31.7. The van der Waals surface area contributed by atoms with Crippen molar-refractivity contribution >= 4 is 34.1 Å². The predicted molar refractivity (Wildman–Crippen MR) is 157 cm³/mol. The molecule has 0 aliphatic heterocycles. The Morgan fingerprint density at radius 2 is 1.74 bits per heavy atom. The number of aliphatic hydroxyl groups excluding tert-OH is 1. The molecule has 0 spiro atoms. The van der Waals surface area contributed by atoms with Crippen LogP contribution in [0.25, 0.3) is 22.2 Å². The lowest BCUT2D eigenvalue weighted by Crippen LogP contribution is -2.30. The fourth-order valence-corrected chi connectivity index (χ4v) is 4.76. The number of hydrogen-bond acceptors (Lipinski definition) is 6. The Hall–Kier alpha value is -4.37. The smallest absolute Gasteiger partial charge is 0.323 e. The number of aryl methyl sites for hydroxylation is 3. The highest BCUT2D eigenvalue weighted by Crippen LogP contribution is 2.35. The van der Waals surface area contributed by atoms with Crippen molar-refractivity contribution in [2.24, 2.45) is 0 Å². The van der Waals surface area contributed by atoms with Crippen molar-refractivity contribution in [2.45, 2.75) is 46.6 Å². The number of benzene rings is 2. The van der Waals surface area contributed by atoms with Crippen molar-refractivity contribution in [1.82, 2.24) is 9.55 Å². The Morgan fingerprint density at radius 1 is 1.03 bits per heavy atom. The molecule has 0 unspecified atom stereocenters. The number of ether oxygens (including phenoxy) is 1. The van der Waals surface area contributed by atoms with Crippen LogP contribution in [0.5, 0.6) is 5.75 Å². The Labute approximate surface area is 227 Å². The van der Waals surface area contributed by atoms with Crippen molar-refractivity contribution in [2.75, 3.05) is 29.6 Å². The van der Waals surface area contributed by atoms with Gasteiger partial charge >= 0.3 is 6.03 Å². The van der Waals surface area contributed by atoms with Crippen LogP contribution >= 0.6 is 0 Å². The Balaban J connectivity index is 1.84. The fraction of sp³-hybridized carbons (Fsp3) is 0.300. The van der Waals surface area contributed by atoms with E-state index >= 15 is 0 Å². The lowest BCUT2D eigenvalue weighted by molar-refractivity contribution is 0.233. The van der Waals surface area contributed by atoms with Crippen LogP contribution in [0.4, 0.5) is 21.9 Å². The number of carbonyl (C=O) groups is 1. The number of carbonyl (C=O) groups excluding carboxylic acids is 1. The standard InChI is InChI=1S/C30H35N5O4/c1-4-19-16-22(31)17-20(5-2)26(19)33-30(38)34-27-25(21-10-7-11-23(18-21)39-15-9-14-36)24-12-8-13-32-28(24)35(6-3)29(27)37/h7-8,10-13,16-18,36H,4-6,9,14-15,31H2,1-3H3,(H2,33,34,38). The first kappa shape index (κ1) is 27.7. The lowest BCUT2D eigenvalue weighted by atomic mass is 10.00. The van der Waals surface area contributed by atoms with Gasteiger partial charge in [0.25, 0.3) is 5.56 Å². The highest BCUT2D eigenvalue weighted by atomic mass is 16.5. The summed E-state index contributed by atoms with van der Waals surface area (Å²) in [5.74, 6) is 0.593. The zero-order chi connectivity index (χ0) is 27.9. The Morgan fingerprint density at radius 3 is 2.41 bits per heavy atom. The number of amides is 2. The van der Waals surface area contributed by atoms with E-state index in [-0.39, 0.29) is 17.9 Å². The summed E-state index contributed by atoms with van der Waals surface area (Å²) in [6.07, 6.45) is 3.52. The number of urea groups is 1. The molecule has 0 saturated heterocycles. The van der Waals surface area contributed by atoms with E-state index < -0.39 is 6.03 Å². The Bertz CT molecular complexity index is 1520. The van der Waals surface area contributed by atoms with E-state index in [2.05, 4.69) is 15.6 Å². The van der Waals surface area contributed by atoms with Crippen LogP contribution in [0.1, 0.15) is 38.3 Å². The third-order valence-corrected chi connectivity index (χ3v) is 6.59. The van der Waals surface area contributed by atoms with E-state index in [0.717, 1.165) is 16.5 Å². The van der Waals surface area contributed by atoms with Crippen molar-refractivity contribution in [3.63, 3.8) is 0 Å². The zero-order valence-electron chi connectivity index (χ0n) is 22.6. The van der Waals surface area contributed by atoms with E-state index in [4.69, 9.17) is 15.6 Å². The highest BCUT2D eigenvalue weighted by molar-refractivity contribution is 6.07. The number of pyridine rings is 2. The predicted octanol–water partition coefficient (Wildman–Crippen LogP) is 5.20. The average Bonchev–Trinajstić information content (AvgIpc) is 2.94. The van der Waals surface area contributed by atoms with Gasteiger partial charge in [-0.2, -0.15) is 0 Å². The quantitative estimate of drug-likeness (QED) is 0.165. The number of aliphatic hydroxyl groups is 1. The van der Waals surface area contributed by atoms with Crippen LogP contribution in [-0.2, 0) is 19.4 Å². The molecule has 0 saturated carbocycles. The normalized spacial score (nSPS) is 11.0. The number of nitrogens with zero attached hydrogens (tertiary/aromatic N) is 2. The van der Waals surface area contributed by atoms with Gasteiger partial charge in [-0.1, -0.05) is 26.0 Å². The first-order chi connectivity index (χ1) is 18.9. The van der Waals surface area contributed by atoms with Gasteiger partial charge in [0.05, 0.1) is 6.61 Å². The minimum Gasteiger partial charge on any atom is -0.493 e. The first-order valence-electron chi connectivity index (χ1n) is 13.3. The molecular weight excluding hydrogens is 494 g/mol. The number of fused-ring (bicyclic) bond motifs is 1. The number of nitrogens with one attached hydrogen (secondary N) is 2. The summed E-state index contributed by atoms with van der Waals surface area (Å²) >= 11 is 0. The van der Waals surface area contributed by atoms with Crippen LogP contribution in [-0.4, -0.2) is 33.9 Å². The van der Waals surface area contributed by atoms with Gasteiger partial charge in [-0.3, -0.25) is 9.36 Å². The third kappa shape index (κ3) is 5.88. The summed E-state index contributed by atoms with van der Waals surface area (Å²) in [6.45, 7) is 6.63. The van der Waals surface area contributed by atoms with Crippen LogP contribution in [0, 0.1) is 0 Å². The largest absolute Gasteiger partial charge is 0.493 e. The van der Waals surface area contributed by atoms with Crippen LogP contribution in [0.15, 0.2) is 59.5 Å². The van der Waals surface area contributed by atoms with Crippen LogP contribution in [0.3, 0.4) is 0 Å². The van der Waals surface area contributed by atoms with Crippen molar-refractivity contribution in [3.05, 3.63) is 76.2 Å². The van der Waals surface area contributed by atoms with Gasteiger partial charge in [-0.25, -0.2) is 9.78 Å². The fourth-order valence-electron chi connectivity index (χ4n) is 4.76. The molecule has 0 aliphatic rings. The molecule has 2 aromatic heterocycles. The monoisotopic (exact) mass is 529 g/mol. The second-order valence-corrected chi connectivity index (χ2v) is 9.13. The molecule has 204 valence electrons. The van der Waals surface area contributed by atoms with Crippen molar-refractivity contribution in [3.8, 4) is 16.9 Å². The molecule has 9 heteroatoms. The van der Waals surface area contributed by atoms with Gasteiger partial charge in [0, 0.05) is 48.1 Å². The number of aromatic nitrogens is 2. The second kappa shape index (κ2) is 12.4. The van der Waals surface area contributed by atoms with Crippen LogP contribution < -0.4 is 26.7 Å². The summed E-state index contributed by atoms with van der Waals surface area (Å²) in [7, 11) is 0. The zero-order valence-corrected chi connectivity index (χ0v) is 22.6. The summed E-state index contributed by atoms with van der Waals surface area (Å²) in [5.41, 5.74) is 10.8. The van der Waals surface area contributed by atoms with E-state index in [1.807, 2.05) is 63.2 Å². The molecule has 5 N–H and O–H groups in total. The number of nitrogen functional groups attached to an aromatic ring is 1. The molecule has 9 nitrogen and oxygen atoms in total. The van der Waals surface area contributed by atoms with E-state index in [9.17, 15) is 9.59 Å². The molecule has 0 fully saturated rings. The highest BCUT2D eigenvalue weighted by Gasteiger charge is 2.21. The molecule has 2 heterocycles. The SMILES string of the molecule is CCc1cc(N)cc(CC)c1NC(=O)Nc1c(-c2cccc(OCCCO)c2)c2cccnc2n(CC)c1=O.